The summed E-state index contributed by atoms with van der Waals surface area (Å²) in [6, 6.07) is 2.45. The van der Waals surface area contributed by atoms with Crippen LogP contribution in [0.3, 0.4) is 0 Å². The lowest BCUT2D eigenvalue weighted by Crippen LogP contribution is -1.99. The van der Waals surface area contributed by atoms with Crippen LogP contribution in [0.2, 0.25) is 0 Å². The van der Waals surface area contributed by atoms with Gasteiger partial charge in [0.05, 0.1) is 12.0 Å². The predicted octanol–water partition coefficient (Wildman–Crippen LogP) is 1.41. The summed E-state index contributed by atoms with van der Waals surface area (Å²) in [5.74, 6) is 4.22. The molecule has 4 aliphatic rings. The Labute approximate surface area is 54.7 Å². The standard InChI is InChI=1S/C8H9N/c9-3-7-4-1-5-6(2-4)8(5)7/h4-8H,1-2H2. The maximum Gasteiger partial charge on any atom is 0.0661 e. The van der Waals surface area contributed by atoms with Gasteiger partial charge in [-0.3, -0.25) is 0 Å². The lowest BCUT2D eigenvalue weighted by molar-refractivity contribution is 0.508. The van der Waals surface area contributed by atoms with Crippen LogP contribution in [0.4, 0.5) is 0 Å². The van der Waals surface area contributed by atoms with E-state index in [9.17, 15) is 0 Å². The van der Waals surface area contributed by atoms with E-state index in [1.165, 1.54) is 12.8 Å². The summed E-state index contributed by atoms with van der Waals surface area (Å²) in [5, 5.41) is 8.71. The van der Waals surface area contributed by atoms with E-state index >= 15 is 0 Å². The van der Waals surface area contributed by atoms with Gasteiger partial charge < -0.3 is 0 Å². The molecule has 0 N–H and O–H groups in total. The van der Waals surface area contributed by atoms with Gasteiger partial charge in [0.1, 0.15) is 0 Å². The fourth-order valence-corrected chi connectivity index (χ4v) is 3.27. The summed E-state index contributed by atoms with van der Waals surface area (Å²) in [5.41, 5.74) is 0. The fraction of sp³-hybridized carbons (Fsp3) is 0.875. The Kier molecular flexibility index (Phi) is 0.496. The molecule has 0 saturated heterocycles. The molecule has 3 atom stereocenters. The van der Waals surface area contributed by atoms with Crippen molar-refractivity contribution in [3.63, 3.8) is 0 Å². The average Bonchev–Trinajstić information content (AvgIpc) is 2.40. The Morgan fingerprint density at radius 1 is 1.22 bits per heavy atom. The monoisotopic (exact) mass is 119 g/mol. The molecule has 4 fully saturated rings. The number of nitriles is 1. The molecule has 0 aliphatic heterocycles. The quantitative estimate of drug-likeness (QED) is 0.473. The summed E-state index contributed by atoms with van der Waals surface area (Å²) in [7, 11) is 0. The fourth-order valence-electron chi connectivity index (χ4n) is 3.27. The van der Waals surface area contributed by atoms with Crippen molar-refractivity contribution in [1.82, 2.24) is 0 Å². The Morgan fingerprint density at radius 3 is 2.11 bits per heavy atom. The van der Waals surface area contributed by atoms with Crippen molar-refractivity contribution in [2.45, 2.75) is 12.8 Å². The van der Waals surface area contributed by atoms with E-state index in [0.29, 0.717) is 5.92 Å². The maximum atomic E-state index is 8.71. The minimum absolute atomic E-state index is 0.486. The second-order valence-corrected chi connectivity index (χ2v) is 3.79. The van der Waals surface area contributed by atoms with Gasteiger partial charge in [0, 0.05) is 0 Å². The normalized spacial score (nSPS) is 65.9. The Balaban J connectivity index is 2.05. The molecule has 46 valence electrons. The third-order valence-electron chi connectivity index (χ3n) is 3.62. The molecule has 0 heterocycles. The smallest absolute Gasteiger partial charge is 0.0661 e. The molecule has 0 spiro atoms. The van der Waals surface area contributed by atoms with E-state index in [1.54, 1.807) is 0 Å². The molecule has 4 bridgehead atoms. The molecule has 3 unspecified atom stereocenters. The average molecular weight is 119 g/mol. The van der Waals surface area contributed by atoms with Crippen LogP contribution in [0, 0.1) is 40.9 Å². The van der Waals surface area contributed by atoms with Crippen LogP contribution < -0.4 is 0 Å². The molecule has 0 aromatic carbocycles. The molecule has 0 aromatic rings. The molecule has 1 heteroatoms. The van der Waals surface area contributed by atoms with Gasteiger partial charge >= 0.3 is 0 Å². The summed E-state index contributed by atoms with van der Waals surface area (Å²) in [6.07, 6.45) is 2.79. The van der Waals surface area contributed by atoms with Gasteiger partial charge in [-0.15, -0.1) is 0 Å². The van der Waals surface area contributed by atoms with E-state index in [4.69, 9.17) is 5.26 Å². The van der Waals surface area contributed by atoms with E-state index in [-0.39, 0.29) is 0 Å². The molecule has 1 nitrogen and oxygen atoms in total. The highest BCUT2D eigenvalue weighted by atomic mass is 14.7. The first-order valence-corrected chi connectivity index (χ1v) is 3.81. The third kappa shape index (κ3) is 0.299. The van der Waals surface area contributed by atoms with Crippen molar-refractivity contribution in [2.75, 3.05) is 0 Å². The Morgan fingerprint density at radius 2 is 1.89 bits per heavy atom. The second kappa shape index (κ2) is 1.03. The molecule has 0 amide bonds. The van der Waals surface area contributed by atoms with Crippen molar-refractivity contribution in [3.8, 4) is 6.07 Å². The molecule has 4 rings (SSSR count). The minimum Gasteiger partial charge on any atom is -0.198 e. The first-order valence-electron chi connectivity index (χ1n) is 3.81. The van der Waals surface area contributed by atoms with E-state index in [0.717, 1.165) is 23.7 Å². The van der Waals surface area contributed by atoms with Crippen LogP contribution in [0.1, 0.15) is 12.8 Å². The van der Waals surface area contributed by atoms with Gasteiger partial charge in [-0.25, -0.2) is 0 Å². The number of hydrogen-bond donors (Lipinski definition) is 0. The largest absolute Gasteiger partial charge is 0.198 e. The van der Waals surface area contributed by atoms with Crippen molar-refractivity contribution in [2.24, 2.45) is 29.6 Å². The lowest BCUT2D eigenvalue weighted by Gasteiger charge is -2.01. The van der Waals surface area contributed by atoms with Gasteiger partial charge in [-0.2, -0.15) is 5.26 Å². The van der Waals surface area contributed by atoms with Crippen molar-refractivity contribution in [3.05, 3.63) is 0 Å². The van der Waals surface area contributed by atoms with Gasteiger partial charge in [-0.1, -0.05) is 0 Å². The zero-order valence-corrected chi connectivity index (χ0v) is 5.25. The molecule has 9 heavy (non-hydrogen) atoms. The van der Waals surface area contributed by atoms with Crippen LogP contribution in [0.5, 0.6) is 0 Å². The molecule has 0 aromatic heterocycles. The second-order valence-electron chi connectivity index (χ2n) is 3.79. The molecular weight excluding hydrogens is 110 g/mol. The van der Waals surface area contributed by atoms with Gasteiger partial charge in [0.25, 0.3) is 0 Å². The lowest BCUT2D eigenvalue weighted by atomic mass is 10.0. The highest BCUT2D eigenvalue weighted by Gasteiger charge is 2.68. The highest BCUT2D eigenvalue weighted by molar-refractivity contribution is 5.21. The molecule has 4 aliphatic carbocycles. The topological polar surface area (TPSA) is 23.8 Å². The summed E-state index contributed by atoms with van der Waals surface area (Å²) < 4.78 is 0. The molecule has 4 saturated carbocycles. The molecular formula is C8H9N. The SMILES string of the molecule is N#CC1C2CC3C(C2)C13. The van der Waals surface area contributed by atoms with Crippen molar-refractivity contribution >= 4 is 0 Å². The minimum atomic E-state index is 0.486. The van der Waals surface area contributed by atoms with Crippen LogP contribution in [0.25, 0.3) is 0 Å². The van der Waals surface area contributed by atoms with Crippen LogP contribution >= 0.6 is 0 Å². The van der Waals surface area contributed by atoms with Crippen LogP contribution in [0.15, 0.2) is 0 Å². The third-order valence-corrected chi connectivity index (χ3v) is 3.62. The summed E-state index contributed by atoms with van der Waals surface area (Å²) in [6.45, 7) is 0. The number of rotatable bonds is 0. The number of hydrogen-bond acceptors (Lipinski definition) is 1. The maximum absolute atomic E-state index is 8.71. The van der Waals surface area contributed by atoms with Crippen LogP contribution in [-0.4, -0.2) is 0 Å². The zero-order chi connectivity index (χ0) is 6.01. The van der Waals surface area contributed by atoms with Gasteiger partial charge in [0.15, 0.2) is 0 Å². The first-order chi connectivity index (χ1) is 4.42. The first kappa shape index (κ1) is 4.33. The summed E-state index contributed by atoms with van der Waals surface area (Å²) >= 11 is 0. The predicted molar refractivity (Wildman–Crippen MR) is 32.3 cm³/mol. The molecule has 0 radical (unpaired) electrons. The van der Waals surface area contributed by atoms with Crippen LogP contribution in [-0.2, 0) is 0 Å². The highest BCUT2D eigenvalue weighted by Crippen LogP contribution is 2.72. The Bertz CT molecular complexity index is 189. The van der Waals surface area contributed by atoms with Crippen molar-refractivity contribution < 1.29 is 0 Å². The summed E-state index contributed by atoms with van der Waals surface area (Å²) in [4.78, 5) is 0. The van der Waals surface area contributed by atoms with E-state index in [1.807, 2.05) is 0 Å². The Hall–Kier alpha value is -0.510. The van der Waals surface area contributed by atoms with Crippen molar-refractivity contribution in [1.29, 1.82) is 5.26 Å². The van der Waals surface area contributed by atoms with E-state index in [2.05, 4.69) is 6.07 Å². The van der Waals surface area contributed by atoms with Gasteiger partial charge in [0.2, 0.25) is 0 Å². The van der Waals surface area contributed by atoms with E-state index < -0.39 is 0 Å². The number of nitrogens with zero attached hydrogens (tertiary/aromatic N) is 1. The van der Waals surface area contributed by atoms with Gasteiger partial charge in [-0.05, 0) is 36.5 Å². The zero-order valence-electron chi connectivity index (χ0n) is 5.25.